The zero-order valence-corrected chi connectivity index (χ0v) is 11.2. The maximum absolute atomic E-state index is 13.5. The number of anilines is 1. The van der Waals surface area contributed by atoms with E-state index in [1.165, 1.54) is 0 Å². The average molecular weight is 285 g/mol. The third kappa shape index (κ3) is 3.43. The second-order valence-corrected chi connectivity index (χ2v) is 4.82. The fourth-order valence-corrected chi connectivity index (χ4v) is 2.03. The Morgan fingerprint density at radius 3 is 2.95 bits per heavy atom. The highest BCUT2D eigenvalue weighted by Gasteiger charge is 2.20. The van der Waals surface area contributed by atoms with E-state index in [1.54, 1.807) is 0 Å². The number of nitrogen functional groups attached to an aromatic ring is 1. The van der Waals surface area contributed by atoms with Crippen LogP contribution in [0.15, 0.2) is 12.1 Å². The summed E-state index contributed by atoms with van der Waals surface area (Å²) in [5, 5.41) is 2.57. The van der Waals surface area contributed by atoms with Gasteiger partial charge in [0, 0.05) is 25.7 Å². The number of halogens is 2. The monoisotopic (exact) mass is 285 g/mol. The summed E-state index contributed by atoms with van der Waals surface area (Å²) in [4.78, 5) is 13.9. The predicted molar refractivity (Wildman–Crippen MR) is 70.3 cm³/mol. The Balaban J connectivity index is 1.96. The molecule has 0 bridgehead atoms. The summed E-state index contributed by atoms with van der Waals surface area (Å²) in [6, 6.07) is 1.60. The maximum Gasteiger partial charge on any atom is 0.254 e. The first-order chi connectivity index (χ1) is 9.47. The van der Waals surface area contributed by atoms with Gasteiger partial charge in [-0.15, -0.1) is 0 Å². The molecular formula is C13H17F2N3O2. The molecule has 1 aliphatic rings. The summed E-state index contributed by atoms with van der Waals surface area (Å²) in [6.07, 6.45) is -0.140. The summed E-state index contributed by atoms with van der Waals surface area (Å²) in [5.74, 6) is -2.45. The highest BCUT2D eigenvalue weighted by atomic mass is 19.1. The Morgan fingerprint density at radius 2 is 2.25 bits per heavy atom. The lowest BCUT2D eigenvalue weighted by Crippen LogP contribution is -2.46. The standard InChI is InChI=1S/C13H17F2N3O2/c1-18-2-3-20-8(7-18)6-17-13(19)9-4-12(16)11(15)5-10(9)14/h4-5,8H,2-3,6-7,16H2,1H3,(H,17,19). The minimum atomic E-state index is -0.934. The van der Waals surface area contributed by atoms with Crippen LogP contribution in [0.3, 0.4) is 0 Å². The SMILES string of the molecule is CN1CCOC(CNC(=O)c2cc(N)c(F)cc2F)C1. The first kappa shape index (κ1) is 14.7. The largest absolute Gasteiger partial charge is 0.396 e. The quantitative estimate of drug-likeness (QED) is 0.798. The van der Waals surface area contributed by atoms with Gasteiger partial charge in [-0.1, -0.05) is 0 Å². The minimum Gasteiger partial charge on any atom is -0.396 e. The molecule has 1 saturated heterocycles. The Labute approximate surface area is 115 Å². The van der Waals surface area contributed by atoms with Crippen molar-refractivity contribution in [1.82, 2.24) is 10.2 Å². The molecule has 0 aromatic heterocycles. The molecule has 2 rings (SSSR count). The van der Waals surface area contributed by atoms with Gasteiger partial charge in [-0.3, -0.25) is 4.79 Å². The van der Waals surface area contributed by atoms with Crippen LogP contribution in [0.4, 0.5) is 14.5 Å². The smallest absolute Gasteiger partial charge is 0.254 e. The van der Waals surface area contributed by atoms with Crippen molar-refractivity contribution in [3.63, 3.8) is 0 Å². The molecule has 0 aliphatic carbocycles. The molecule has 7 heteroatoms. The van der Waals surface area contributed by atoms with Gasteiger partial charge in [-0.05, 0) is 13.1 Å². The van der Waals surface area contributed by atoms with Crippen molar-refractivity contribution >= 4 is 11.6 Å². The molecule has 1 amide bonds. The van der Waals surface area contributed by atoms with Gasteiger partial charge in [0.15, 0.2) is 0 Å². The third-order valence-corrected chi connectivity index (χ3v) is 3.16. The molecule has 0 radical (unpaired) electrons. The Bertz CT molecular complexity index is 511. The maximum atomic E-state index is 13.5. The van der Waals surface area contributed by atoms with E-state index in [4.69, 9.17) is 10.5 Å². The van der Waals surface area contributed by atoms with Gasteiger partial charge in [0.2, 0.25) is 0 Å². The number of ether oxygens (including phenoxy) is 1. The molecule has 0 spiro atoms. The molecule has 110 valence electrons. The molecule has 1 heterocycles. The highest BCUT2D eigenvalue weighted by Crippen LogP contribution is 2.16. The van der Waals surface area contributed by atoms with Crippen LogP contribution in [0, 0.1) is 11.6 Å². The number of nitrogens with zero attached hydrogens (tertiary/aromatic N) is 1. The van der Waals surface area contributed by atoms with Gasteiger partial charge in [-0.2, -0.15) is 0 Å². The second-order valence-electron chi connectivity index (χ2n) is 4.82. The van der Waals surface area contributed by atoms with Crippen LogP contribution >= 0.6 is 0 Å². The second kappa shape index (κ2) is 6.15. The molecular weight excluding hydrogens is 268 g/mol. The first-order valence-corrected chi connectivity index (χ1v) is 6.30. The summed E-state index contributed by atoms with van der Waals surface area (Å²) >= 11 is 0. The molecule has 0 saturated carbocycles. The van der Waals surface area contributed by atoms with Gasteiger partial charge >= 0.3 is 0 Å². The van der Waals surface area contributed by atoms with Crippen molar-refractivity contribution in [2.45, 2.75) is 6.10 Å². The molecule has 3 N–H and O–H groups in total. The number of morpholine rings is 1. The fraction of sp³-hybridized carbons (Fsp3) is 0.462. The molecule has 1 fully saturated rings. The number of carbonyl (C=O) groups excluding carboxylic acids is 1. The van der Waals surface area contributed by atoms with E-state index < -0.39 is 17.5 Å². The normalized spacial score (nSPS) is 19.9. The molecule has 1 aliphatic heterocycles. The number of likely N-dealkylation sites (N-methyl/N-ethyl adjacent to an activating group) is 1. The summed E-state index contributed by atoms with van der Waals surface area (Å²) in [6.45, 7) is 2.39. The number of amides is 1. The van der Waals surface area contributed by atoms with Crippen molar-refractivity contribution in [2.24, 2.45) is 0 Å². The van der Waals surface area contributed by atoms with E-state index in [0.717, 1.165) is 12.6 Å². The third-order valence-electron chi connectivity index (χ3n) is 3.16. The van der Waals surface area contributed by atoms with Crippen LogP contribution in [0.2, 0.25) is 0 Å². The van der Waals surface area contributed by atoms with E-state index in [2.05, 4.69) is 10.2 Å². The number of rotatable bonds is 3. The number of nitrogens with one attached hydrogen (secondary N) is 1. The fourth-order valence-electron chi connectivity index (χ4n) is 2.03. The molecule has 1 aromatic carbocycles. The van der Waals surface area contributed by atoms with Crippen LogP contribution in [0.25, 0.3) is 0 Å². The molecule has 1 unspecified atom stereocenters. The van der Waals surface area contributed by atoms with Crippen molar-refractivity contribution in [2.75, 3.05) is 39.0 Å². The minimum absolute atomic E-state index is 0.140. The Hall–Kier alpha value is -1.73. The van der Waals surface area contributed by atoms with Gasteiger partial charge in [0.1, 0.15) is 11.6 Å². The number of hydrogen-bond acceptors (Lipinski definition) is 4. The number of benzene rings is 1. The zero-order valence-electron chi connectivity index (χ0n) is 11.2. The summed E-state index contributed by atoms with van der Waals surface area (Å²) in [5.41, 5.74) is 4.80. The van der Waals surface area contributed by atoms with Crippen LogP contribution in [0.1, 0.15) is 10.4 Å². The molecule has 5 nitrogen and oxygen atoms in total. The topological polar surface area (TPSA) is 67.6 Å². The summed E-state index contributed by atoms with van der Waals surface area (Å²) in [7, 11) is 1.96. The van der Waals surface area contributed by atoms with Crippen LogP contribution in [0.5, 0.6) is 0 Å². The lowest BCUT2D eigenvalue weighted by molar-refractivity contribution is -0.0175. The van der Waals surface area contributed by atoms with E-state index in [9.17, 15) is 13.6 Å². The van der Waals surface area contributed by atoms with Crippen molar-refractivity contribution < 1.29 is 18.3 Å². The zero-order chi connectivity index (χ0) is 14.7. The van der Waals surface area contributed by atoms with E-state index in [1.807, 2.05) is 7.05 Å². The van der Waals surface area contributed by atoms with Gasteiger partial charge in [0.25, 0.3) is 5.91 Å². The van der Waals surface area contributed by atoms with Gasteiger partial charge in [-0.25, -0.2) is 8.78 Å². The van der Waals surface area contributed by atoms with Crippen molar-refractivity contribution in [3.8, 4) is 0 Å². The van der Waals surface area contributed by atoms with Gasteiger partial charge in [0.05, 0.1) is 24.0 Å². The molecule has 1 aromatic rings. The average Bonchev–Trinajstić information content (AvgIpc) is 2.40. The van der Waals surface area contributed by atoms with E-state index >= 15 is 0 Å². The van der Waals surface area contributed by atoms with Crippen molar-refractivity contribution in [1.29, 1.82) is 0 Å². The molecule has 1 atom stereocenters. The highest BCUT2D eigenvalue weighted by molar-refractivity contribution is 5.95. The van der Waals surface area contributed by atoms with Gasteiger partial charge < -0.3 is 20.7 Å². The number of hydrogen-bond donors (Lipinski definition) is 2. The number of carbonyl (C=O) groups is 1. The lowest BCUT2D eigenvalue weighted by atomic mass is 10.1. The van der Waals surface area contributed by atoms with E-state index in [-0.39, 0.29) is 23.9 Å². The molecule has 20 heavy (non-hydrogen) atoms. The predicted octanol–water partition coefficient (Wildman–Crippen LogP) is 0.607. The Kier molecular flexibility index (Phi) is 4.51. The van der Waals surface area contributed by atoms with E-state index in [0.29, 0.717) is 19.2 Å². The first-order valence-electron chi connectivity index (χ1n) is 6.30. The van der Waals surface area contributed by atoms with Crippen LogP contribution in [-0.2, 0) is 4.74 Å². The van der Waals surface area contributed by atoms with Crippen LogP contribution in [-0.4, -0.2) is 50.2 Å². The lowest BCUT2D eigenvalue weighted by Gasteiger charge is -2.30. The number of nitrogens with two attached hydrogens (primary N) is 1. The Morgan fingerprint density at radius 1 is 1.50 bits per heavy atom. The summed E-state index contributed by atoms with van der Waals surface area (Å²) < 4.78 is 32.0. The van der Waals surface area contributed by atoms with Crippen LogP contribution < -0.4 is 11.1 Å². The van der Waals surface area contributed by atoms with Crippen molar-refractivity contribution in [3.05, 3.63) is 29.3 Å².